The van der Waals surface area contributed by atoms with Crippen molar-refractivity contribution in [1.29, 1.82) is 0 Å². The van der Waals surface area contributed by atoms with Crippen LogP contribution in [0.4, 0.5) is 10.5 Å². The molecule has 0 saturated carbocycles. The van der Waals surface area contributed by atoms with Gasteiger partial charge in [0.2, 0.25) is 0 Å². The normalized spacial score (nSPS) is 10.4. The number of hydrogen-bond donors (Lipinski definition) is 2. The largest absolute Gasteiger partial charge is 0.334 e. The van der Waals surface area contributed by atoms with Crippen molar-refractivity contribution < 1.29 is 4.79 Å². The van der Waals surface area contributed by atoms with Crippen molar-refractivity contribution in [2.45, 2.75) is 13.5 Å². The molecule has 0 aliphatic rings. The van der Waals surface area contributed by atoms with E-state index < -0.39 is 0 Å². The number of rotatable bonds is 3. The number of benzene rings is 1. The maximum atomic E-state index is 12.1. The number of aryl methyl sites for hydroxylation is 1. The van der Waals surface area contributed by atoms with E-state index in [1.807, 2.05) is 43.3 Å². The van der Waals surface area contributed by atoms with Crippen molar-refractivity contribution in [3.8, 4) is 0 Å². The Morgan fingerprint density at radius 3 is 2.77 bits per heavy atom. The zero-order valence-corrected chi connectivity index (χ0v) is 12.2. The molecule has 110 valence electrons. The molecule has 5 heteroatoms. The highest BCUT2D eigenvalue weighted by atomic mass is 16.2. The summed E-state index contributed by atoms with van der Waals surface area (Å²) in [6.07, 6.45) is 5.12. The molecule has 0 spiro atoms. The third-order valence-electron chi connectivity index (χ3n) is 3.30. The molecule has 0 aliphatic heterocycles. The van der Waals surface area contributed by atoms with Crippen molar-refractivity contribution in [2.75, 3.05) is 5.32 Å². The molecule has 22 heavy (non-hydrogen) atoms. The first-order valence-corrected chi connectivity index (χ1v) is 7.01. The number of pyridine rings is 2. The summed E-state index contributed by atoms with van der Waals surface area (Å²) >= 11 is 0. The third-order valence-corrected chi connectivity index (χ3v) is 3.30. The highest BCUT2D eigenvalue weighted by Crippen LogP contribution is 2.23. The number of fused-ring (bicyclic) bond motifs is 1. The van der Waals surface area contributed by atoms with Crippen LogP contribution in [-0.4, -0.2) is 16.0 Å². The molecule has 3 rings (SSSR count). The van der Waals surface area contributed by atoms with E-state index in [0.717, 1.165) is 22.0 Å². The number of amides is 2. The zero-order chi connectivity index (χ0) is 15.4. The molecule has 3 aromatic rings. The summed E-state index contributed by atoms with van der Waals surface area (Å²) in [6.45, 7) is 2.44. The molecule has 5 nitrogen and oxygen atoms in total. The average molecular weight is 292 g/mol. The predicted molar refractivity (Wildman–Crippen MR) is 86.6 cm³/mol. The number of carbonyl (C=O) groups is 1. The molecule has 2 N–H and O–H groups in total. The SMILES string of the molecule is Cc1cc(NC(=O)NCc2ccncc2)c2ncccc2c1. The Bertz CT molecular complexity index is 802. The number of urea groups is 1. The molecule has 0 radical (unpaired) electrons. The van der Waals surface area contributed by atoms with Crippen molar-refractivity contribution >= 4 is 22.6 Å². The molecule has 0 unspecified atom stereocenters. The van der Waals surface area contributed by atoms with Crippen LogP contribution in [0.1, 0.15) is 11.1 Å². The van der Waals surface area contributed by atoms with Gasteiger partial charge in [0, 0.05) is 30.5 Å². The van der Waals surface area contributed by atoms with Gasteiger partial charge in [-0.25, -0.2) is 4.79 Å². The van der Waals surface area contributed by atoms with Crippen LogP contribution in [0.2, 0.25) is 0 Å². The van der Waals surface area contributed by atoms with E-state index in [1.54, 1.807) is 18.6 Å². The zero-order valence-electron chi connectivity index (χ0n) is 12.2. The topological polar surface area (TPSA) is 66.9 Å². The Labute approximate surface area is 128 Å². The summed E-state index contributed by atoms with van der Waals surface area (Å²) in [6, 6.07) is 11.3. The average Bonchev–Trinajstić information content (AvgIpc) is 2.54. The van der Waals surface area contributed by atoms with Crippen LogP contribution in [0.3, 0.4) is 0 Å². The molecular weight excluding hydrogens is 276 g/mol. The number of nitrogens with one attached hydrogen (secondary N) is 2. The smallest absolute Gasteiger partial charge is 0.319 e. The number of carbonyl (C=O) groups excluding carboxylic acids is 1. The molecule has 2 heterocycles. The first-order chi connectivity index (χ1) is 10.7. The molecule has 0 atom stereocenters. The van der Waals surface area contributed by atoms with Crippen LogP contribution >= 0.6 is 0 Å². The van der Waals surface area contributed by atoms with Crippen LogP contribution < -0.4 is 10.6 Å². The summed E-state index contributed by atoms with van der Waals surface area (Å²) in [5, 5.41) is 6.70. The van der Waals surface area contributed by atoms with Crippen LogP contribution in [0, 0.1) is 6.92 Å². The summed E-state index contributed by atoms with van der Waals surface area (Å²) in [7, 11) is 0. The van der Waals surface area contributed by atoms with E-state index in [2.05, 4.69) is 20.6 Å². The minimum absolute atomic E-state index is 0.255. The van der Waals surface area contributed by atoms with E-state index >= 15 is 0 Å². The fourth-order valence-electron chi connectivity index (χ4n) is 2.29. The Hall–Kier alpha value is -2.95. The van der Waals surface area contributed by atoms with Gasteiger partial charge in [0.05, 0.1) is 11.2 Å². The summed E-state index contributed by atoms with van der Waals surface area (Å²) in [5.41, 5.74) is 3.57. The van der Waals surface area contributed by atoms with E-state index in [1.165, 1.54) is 0 Å². The van der Waals surface area contributed by atoms with Gasteiger partial charge in [-0.1, -0.05) is 6.07 Å². The second-order valence-electron chi connectivity index (χ2n) is 5.05. The minimum atomic E-state index is -0.255. The van der Waals surface area contributed by atoms with Crippen LogP contribution in [0.15, 0.2) is 55.0 Å². The van der Waals surface area contributed by atoms with Gasteiger partial charge in [0.1, 0.15) is 0 Å². The minimum Gasteiger partial charge on any atom is -0.334 e. The summed E-state index contributed by atoms with van der Waals surface area (Å²) in [4.78, 5) is 20.4. The van der Waals surface area contributed by atoms with Crippen molar-refractivity contribution in [3.63, 3.8) is 0 Å². The highest BCUT2D eigenvalue weighted by molar-refractivity contribution is 5.99. The van der Waals surface area contributed by atoms with E-state index in [-0.39, 0.29) is 6.03 Å². The van der Waals surface area contributed by atoms with Gasteiger partial charge in [0.25, 0.3) is 0 Å². The standard InChI is InChI=1S/C17H16N4O/c1-12-9-14-3-2-6-19-16(14)15(10-12)21-17(22)20-11-13-4-7-18-8-5-13/h2-10H,11H2,1H3,(H2,20,21,22). The van der Waals surface area contributed by atoms with Gasteiger partial charge in [0.15, 0.2) is 0 Å². The highest BCUT2D eigenvalue weighted by Gasteiger charge is 2.07. The summed E-state index contributed by atoms with van der Waals surface area (Å²) < 4.78 is 0. The molecule has 0 fully saturated rings. The Balaban J connectivity index is 1.74. The van der Waals surface area contributed by atoms with Gasteiger partial charge in [-0.3, -0.25) is 9.97 Å². The lowest BCUT2D eigenvalue weighted by molar-refractivity contribution is 0.252. The van der Waals surface area contributed by atoms with E-state index in [4.69, 9.17) is 0 Å². The Morgan fingerprint density at radius 1 is 1.14 bits per heavy atom. The molecular formula is C17H16N4O. The maximum absolute atomic E-state index is 12.1. The third kappa shape index (κ3) is 3.20. The first-order valence-electron chi connectivity index (χ1n) is 7.01. The molecule has 2 aromatic heterocycles. The maximum Gasteiger partial charge on any atom is 0.319 e. The molecule has 0 saturated heterocycles. The number of hydrogen-bond acceptors (Lipinski definition) is 3. The molecule has 0 aliphatic carbocycles. The fraction of sp³-hybridized carbons (Fsp3) is 0.118. The Kier molecular flexibility index (Phi) is 3.96. The van der Waals surface area contributed by atoms with E-state index in [0.29, 0.717) is 12.2 Å². The quantitative estimate of drug-likeness (QED) is 0.778. The van der Waals surface area contributed by atoms with E-state index in [9.17, 15) is 4.79 Å². The molecule has 1 aromatic carbocycles. The second-order valence-corrected chi connectivity index (χ2v) is 5.05. The van der Waals surface area contributed by atoms with Gasteiger partial charge in [-0.15, -0.1) is 0 Å². The molecule has 0 bridgehead atoms. The van der Waals surface area contributed by atoms with Crippen molar-refractivity contribution in [3.05, 3.63) is 66.1 Å². The first kappa shape index (κ1) is 14.0. The second kappa shape index (κ2) is 6.22. The van der Waals surface area contributed by atoms with Crippen LogP contribution in [-0.2, 0) is 6.54 Å². The van der Waals surface area contributed by atoms with Crippen LogP contribution in [0.25, 0.3) is 10.9 Å². The van der Waals surface area contributed by atoms with Gasteiger partial charge in [-0.2, -0.15) is 0 Å². The number of nitrogens with zero attached hydrogens (tertiary/aromatic N) is 2. The molecule has 2 amide bonds. The monoisotopic (exact) mass is 292 g/mol. The number of aromatic nitrogens is 2. The lowest BCUT2D eigenvalue weighted by Crippen LogP contribution is -2.28. The summed E-state index contributed by atoms with van der Waals surface area (Å²) in [5.74, 6) is 0. The van der Waals surface area contributed by atoms with Gasteiger partial charge >= 0.3 is 6.03 Å². The van der Waals surface area contributed by atoms with Crippen molar-refractivity contribution in [2.24, 2.45) is 0 Å². The number of anilines is 1. The Morgan fingerprint density at radius 2 is 1.95 bits per heavy atom. The fourth-order valence-corrected chi connectivity index (χ4v) is 2.29. The van der Waals surface area contributed by atoms with Gasteiger partial charge in [-0.05, 0) is 48.4 Å². The van der Waals surface area contributed by atoms with Crippen molar-refractivity contribution in [1.82, 2.24) is 15.3 Å². The predicted octanol–water partition coefficient (Wildman–Crippen LogP) is 3.26. The lowest BCUT2D eigenvalue weighted by Gasteiger charge is -2.10. The van der Waals surface area contributed by atoms with Gasteiger partial charge < -0.3 is 10.6 Å². The van der Waals surface area contributed by atoms with Crippen LogP contribution in [0.5, 0.6) is 0 Å². The lowest BCUT2D eigenvalue weighted by atomic mass is 10.1.